The number of fused-ring (bicyclic) bond motifs is 1. The van der Waals surface area contributed by atoms with Gasteiger partial charge in [0.05, 0.1) is 0 Å². The molecule has 0 N–H and O–H groups in total. The maximum Gasteiger partial charge on any atom is 0.219 e. The van der Waals surface area contributed by atoms with E-state index in [4.69, 9.17) is 0 Å². The first-order valence-corrected chi connectivity index (χ1v) is 6.17. The highest BCUT2D eigenvalue weighted by atomic mass is 16.2. The zero-order valence-corrected chi connectivity index (χ0v) is 10.9. The molecule has 19 heavy (non-hydrogen) atoms. The fourth-order valence-electron chi connectivity index (χ4n) is 2.31. The Hall–Kier alpha value is -2.25. The van der Waals surface area contributed by atoms with Crippen molar-refractivity contribution in [3.05, 3.63) is 6.33 Å². The van der Waals surface area contributed by atoms with Crippen LogP contribution in [0, 0.1) is 0 Å². The third-order valence-electron chi connectivity index (χ3n) is 3.39. The van der Waals surface area contributed by atoms with Crippen molar-refractivity contribution in [2.75, 3.05) is 31.1 Å². The Labute approximate surface area is 110 Å². The highest BCUT2D eigenvalue weighted by Gasteiger charge is 2.22. The maximum absolute atomic E-state index is 11.3. The lowest BCUT2D eigenvalue weighted by Crippen LogP contribution is -2.48. The zero-order chi connectivity index (χ0) is 13.4. The van der Waals surface area contributed by atoms with Crippen molar-refractivity contribution >= 4 is 22.9 Å². The second-order valence-electron chi connectivity index (χ2n) is 4.58. The molecule has 0 unspecified atom stereocenters. The molecule has 100 valence electrons. The van der Waals surface area contributed by atoms with Crippen LogP contribution in [0.15, 0.2) is 6.33 Å². The van der Waals surface area contributed by atoms with Crippen LogP contribution in [0.3, 0.4) is 0 Å². The summed E-state index contributed by atoms with van der Waals surface area (Å²) in [4.78, 5) is 23.8. The lowest BCUT2D eigenvalue weighted by molar-refractivity contribution is -0.129. The Bertz CT molecular complexity index is 615. The van der Waals surface area contributed by atoms with Gasteiger partial charge in [0.1, 0.15) is 6.33 Å². The van der Waals surface area contributed by atoms with Gasteiger partial charge in [-0.2, -0.15) is 0 Å². The molecule has 3 rings (SSSR count). The van der Waals surface area contributed by atoms with E-state index in [1.165, 1.54) is 6.33 Å². The molecule has 1 aliphatic heterocycles. The van der Waals surface area contributed by atoms with Crippen LogP contribution in [0.5, 0.6) is 0 Å². The normalized spacial score (nSPS) is 16.1. The number of rotatable bonds is 1. The first kappa shape index (κ1) is 11.8. The minimum Gasteiger partial charge on any atom is -0.351 e. The van der Waals surface area contributed by atoms with Gasteiger partial charge in [-0.3, -0.25) is 4.79 Å². The SMILES string of the molecule is CC(=O)N1CCN(c2ncnc3c2nnn3C)CC1. The first-order valence-electron chi connectivity index (χ1n) is 6.17. The third kappa shape index (κ3) is 1.98. The summed E-state index contributed by atoms with van der Waals surface area (Å²) in [6.07, 6.45) is 1.53. The number of piperazine rings is 1. The lowest BCUT2D eigenvalue weighted by atomic mass is 10.3. The standard InChI is InChI=1S/C11H15N7O/c1-8(19)17-3-5-18(6-4-17)11-9-10(12-7-13-11)16(2)15-14-9/h7H,3-6H2,1-2H3. The number of hydrogen-bond acceptors (Lipinski definition) is 6. The van der Waals surface area contributed by atoms with E-state index in [0.717, 1.165) is 24.6 Å². The molecule has 2 aromatic rings. The summed E-state index contributed by atoms with van der Waals surface area (Å²) in [7, 11) is 1.81. The number of carbonyl (C=O) groups excluding carboxylic acids is 1. The molecule has 1 fully saturated rings. The molecule has 0 radical (unpaired) electrons. The van der Waals surface area contributed by atoms with Gasteiger partial charge in [0.15, 0.2) is 17.0 Å². The molecular formula is C11H15N7O. The number of carbonyl (C=O) groups is 1. The summed E-state index contributed by atoms with van der Waals surface area (Å²) in [5.41, 5.74) is 1.43. The molecule has 8 nitrogen and oxygen atoms in total. The number of anilines is 1. The van der Waals surface area contributed by atoms with Gasteiger partial charge >= 0.3 is 0 Å². The lowest BCUT2D eigenvalue weighted by Gasteiger charge is -2.34. The van der Waals surface area contributed by atoms with Crippen molar-refractivity contribution < 1.29 is 4.79 Å². The van der Waals surface area contributed by atoms with Gasteiger partial charge in [-0.15, -0.1) is 5.10 Å². The Morgan fingerprint density at radius 2 is 1.95 bits per heavy atom. The van der Waals surface area contributed by atoms with Crippen molar-refractivity contribution in [1.82, 2.24) is 29.9 Å². The average Bonchev–Trinajstić information content (AvgIpc) is 2.81. The summed E-state index contributed by atoms with van der Waals surface area (Å²) in [5, 5.41) is 8.08. The molecule has 0 atom stereocenters. The number of aromatic nitrogens is 5. The summed E-state index contributed by atoms with van der Waals surface area (Å²) in [6, 6.07) is 0. The van der Waals surface area contributed by atoms with Crippen molar-refractivity contribution in [2.45, 2.75) is 6.92 Å². The molecule has 1 saturated heterocycles. The smallest absolute Gasteiger partial charge is 0.219 e. The third-order valence-corrected chi connectivity index (χ3v) is 3.39. The molecule has 0 bridgehead atoms. The zero-order valence-electron chi connectivity index (χ0n) is 10.9. The van der Waals surface area contributed by atoms with Crippen LogP contribution in [0.4, 0.5) is 5.82 Å². The molecule has 0 aromatic carbocycles. The highest BCUT2D eigenvalue weighted by molar-refractivity contribution is 5.82. The van der Waals surface area contributed by atoms with Gasteiger partial charge in [-0.25, -0.2) is 14.6 Å². The van der Waals surface area contributed by atoms with E-state index in [9.17, 15) is 4.79 Å². The Kier molecular flexibility index (Phi) is 2.77. The monoisotopic (exact) mass is 261 g/mol. The minimum atomic E-state index is 0.118. The van der Waals surface area contributed by atoms with Crippen LogP contribution in [0.1, 0.15) is 6.92 Å². The van der Waals surface area contributed by atoms with Crippen molar-refractivity contribution in [3.63, 3.8) is 0 Å². The van der Waals surface area contributed by atoms with Gasteiger partial charge in [0.2, 0.25) is 5.91 Å². The van der Waals surface area contributed by atoms with E-state index in [1.54, 1.807) is 18.7 Å². The van der Waals surface area contributed by atoms with Crippen LogP contribution in [0.25, 0.3) is 11.2 Å². The van der Waals surface area contributed by atoms with Crippen LogP contribution < -0.4 is 4.90 Å². The van der Waals surface area contributed by atoms with E-state index >= 15 is 0 Å². The van der Waals surface area contributed by atoms with E-state index in [0.29, 0.717) is 18.6 Å². The van der Waals surface area contributed by atoms with Crippen LogP contribution in [0.2, 0.25) is 0 Å². The predicted molar refractivity (Wildman–Crippen MR) is 68.6 cm³/mol. The maximum atomic E-state index is 11.3. The number of amides is 1. The Morgan fingerprint density at radius 1 is 1.21 bits per heavy atom. The Balaban J connectivity index is 1.88. The second kappa shape index (κ2) is 4.45. The van der Waals surface area contributed by atoms with Gasteiger partial charge in [0.25, 0.3) is 0 Å². The molecule has 0 saturated carbocycles. The summed E-state index contributed by atoms with van der Waals surface area (Å²) in [5.74, 6) is 0.910. The Morgan fingerprint density at radius 3 is 2.63 bits per heavy atom. The van der Waals surface area contributed by atoms with Crippen LogP contribution in [-0.4, -0.2) is 61.9 Å². The quantitative estimate of drug-likeness (QED) is 0.683. The predicted octanol–water partition coefficient (Wildman–Crippen LogP) is -0.573. The summed E-state index contributed by atoms with van der Waals surface area (Å²) in [6.45, 7) is 4.52. The molecule has 3 heterocycles. The first-order chi connectivity index (χ1) is 9.16. The fourth-order valence-corrected chi connectivity index (χ4v) is 2.31. The molecule has 0 spiro atoms. The van der Waals surface area contributed by atoms with Gasteiger partial charge < -0.3 is 9.80 Å². The average molecular weight is 261 g/mol. The van der Waals surface area contributed by atoms with E-state index in [-0.39, 0.29) is 5.91 Å². The van der Waals surface area contributed by atoms with Crippen molar-refractivity contribution in [3.8, 4) is 0 Å². The van der Waals surface area contributed by atoms with E-state index in [2.05, 4.69) is 25.2 Å². The molecule has 8 heteroatoms. The van der Waals surface area contributed by atoms with E-state index < -0.39 is 0 Å². The molecule has 0 aliphatic carbocycles. The van der Waals surface area contributed by atoms with Gasteiger partial charge in [-0.05, 0) is 0 Å². The topological polar surface area (TPSA) is 80.0 Å². The minimum absolute atomic E-state index is 0.118. The van der Waals surface area contributed by atoms with Crippen LogP contribution in [-0.2, 0) is 11.8 Å². The van der Waals surface area contributed by atoms with E-state index in [1.807, 2.05) is 4.90 Å². The van der Waals surface area contributed by atoms with Gasteiger partial charge in [0, 0.05) is 40.2 Å². The van der Waals surface area contributed by atoms with Crippen molar-refractivity contribution in [1.29, 1.82) is 0 Å². The summed E-state index contributed by atoms with van der Waals surface area (Å²) < 4.78 is 1.63. The largest absolute Gasteiger partial charge is 0.351 e. The molecular weight excluding hydrogens is 246 g/mol. The van der Waals surface area contributed by atoms with Crippen molar-refractivity contribution in [2.24, 2.45) is 7.05 Å². The fraction of sp³-hybridized carbons (Fsp3) is 0.545. The number of nitrogens with zero attached hydrogens (tertiary/aromatic N) is 7. The van der Waals surface area contributed by atoms with Gasteiger partial charge in [-0.1, -0.05) is 5.21 Å². The number of hydrogen-bond donors (Lipinski definition) is 0. The highest BCUT2D eigenvalue weighted by Crippen LogP contribution is 2.21. The second-order valence-corrected chi connectivity index (χ2v) is 4.58. The number of aryl methyl sites for hydroxylation is 1. The molecule has 1 aliphatic rings. The molecule has 2 aromatic heterocycles. The summed E-state index contributed by atoms with van der Waals surface area (Å²) >= 11 is 0. The van der Waals surface area contributed by atoms with Crippen LogP contribution >= 0.6 is 0 Å². The molecule has 1 amide bonds.